The highest BCUT2D eigenvalue weighted by molar-refractivity contribution is 7.16. The third-order valence-electron chi connectivity index (χ3n) is 5.00. The molecule has 0 bridgehead atoms. The van der Waals surface area contributed by atoms with Crippen LogP contribution in [-0.2, 0) is 0 Å². The van der Waals surface area contributed by atoms with Gasteiger partial charge in [0.1, 0.15) is 28.1 Å². The number of carbonyl (C=O) groups is 1. The van der Waals surface area contributed by atoms with E-state index in [4.69, 9.17) is 37.3 Å². The molecule has 0 saturated carbocycles. The van der Waals surface area contributed by atoms with Gasteiger partial charge in [0.15, 0.2) is 11.5 Å². The number of methoxy groups -OCH3 is 2. The smallest absolute Gasteiger partial charge is 0.262 e. The number of hydrogen-bond donors (Lipinski definition) is 2. The number of aromatic nitrogens is 2. The molecule has 2 aromatic heterocycles. The number of nitrogens with zero attached hydrogens (tertiary/aromatic N) is 2. The van der Waals surface area contributed by atoms with Crippen molar-refractivity contribution in [2.75, 3.05) is 20.0 Å². The number of rotatable bonds is 7. The third kappa shape index (κ3) is 3.80. The van der Waals surface area contributed by atoms with Crippen molar-refractivity contribution in [2.24, 2.45) is 5.73 Å². The van der Waals surface area contributed by atoms with Gasteiger partial charge in [-0.3, -0.25) is 9.36 Å². The summed E-state index contributed by atoms with van der Waals surface area (Å²) < 4.78 is 18.7. The average Bonchev–Trinajstić information content (AvgIpc) is 3.38. The zero-order valence-electron chi connectivity index (χ0n) is 17.6. The second kappa shape index (κ2) is 8.60. The first kappa shape index (κ1) is 21.8. The summed E-state index contributed by atoms with van der Waals surface area (Å²) in [4.78, 5) is 16.9. The normalized spacial score (nSPS) is 12.0. The molecule has 4 aromatic rings. The number of carbonyl (C=O) groups excluding carboxylic acids is 1. The van der Waals surface area contributed by atoms with Crippen LogP contribution in [0, 0.1) is 0 Å². The Hall–Kier alpha value is -3.43. The fraction of sp³-hybridized carbons (Fsp3) is 0.182. The van der Waals surface area contributed by atoms with Crippen molar-refractivity contribution in [1.82, 2.24) is 9.55 Å². The van der Waals surface area contributed by atoms with Crippen molar-refractivity contribution in [1.29, 1.82) is 0 Å². The molecule has 0 spiro atoms. The molecule has 4 N–H and O–H groups in total. The molecule has 0 radical (unpaired) electrons. The van der Waals surface area contributed by atoms with Crippen LogP contribution in [0.3, 0.4) is 0 Å². The minimum atomic E-state index is -0.592. The van der Waals surface area contributed by atoms with Gasteiger partial charge in [0.2, 0.25) is 0 Å². The number of fused-ring (bicyclic) bond motifs is 1. The summed E-state index contributed by atoms with van der Waals surface area (Å²) in [6.07, 6.45) is 1.19. The van der Waals surface area contributed by atoms with Crippen molar-refractivity contribution in [2.45, 2.75) is 13.0 Å². The van der Waals surface area contributed by atoms with Crippen molar-refractivity contribution < 1.29 is 19.0 Å². The fourth-order valence-corrected chi connectivity index (χ4v) is 4.59. The topological polar surface area (TPSA) is 115 Å². The largest absolute Gasteiger partial charge is 0.493 e. The molecule has 1 amide bonds. The molecule has 8 nitrogen and oxygen atoms in total. The Bertz CT molecular complexity index is 1320. The number of primary amides is 1. The zero-order chi connectivity index (χ0) is 23.0. The van der Waals surface area contributed by atoms with Crippen LogP contribution in [0.25, 0.3) is 16.0 Å². The van der Waals surface area contributed by atoms with E-state index in [1.54, 1.807) is 44.8 Å². The lowest BCUT2D eigenvalue weighted by atomic mass is 10.1. The standard InChI is InChI=1S/C22H21ClN4O4S/c1-11(12-5-4-6-13(24)20(12)23)31-18-9-19(32-21(18)22(25)28)27-10-26-14-7-16(29-2)17(30-3)8-15(14)27/h4-11H,24H2,1-3H3,(H2,25,28). The SMILES string of the molecule is COc1cc2ncn(-c3cc(OC(C)c4cccc(N)c4Cl)c(C(N)=O)s3)c2cc1OC. The van der Waals surface area contributed by atoms with E-state index in [2.05, 4.69) is 4.98 Å². The summed E-state index contributed by atoms with van der Waals surface area (Å²) in [5, 5.41) is 1.12. The first-order valence-electron chi connectivity index (χ1n) is 9.57. The molecule has 0 fully saturated rings. The number of imidazole rings is 1. The lowest BCUT2D eigenvalue weighted by molar-refractivity contribution is 0.0998. The van der Waals surface area contributed by atoms with E-state index >= 15 is 0 Å². The van der Waals surface area contributed by atoms with E-state index in [0.29, 0.717) is 44.0 Å². The van der Waals surface area contributed by atoms with Gasteiger partial charge >= 0.3 is 0 Å². The summed E-state index contributed by atoms with van der Waals surface area (Å²) in [5.41, 5.74) is 14.2. The summed E-state index contributed by atoms with van der Waals surface area (Å²) in [5.74, 6) is 0.901. The number of benzene rings is 2. The van der Waals surface area contributed by atoms with Crippen molar-refractivity contribution in [3.63, 3.8) is 0 Å². The van der Waals surface area contributed by atoms with Crippen LogP contribution in [0.2, 0.25) is 5.02 Å². The van der Waals surface area contributed by atoms with Gasteiger partial charge in [-0.1, -0.05) is 23.7 Å². The summed E-state index contributed by atoms with van der Waals surface area (Å²) in [6, 6.07) is 10.7. The van der Waals surface area contributed by atoms with Gasteiger partial charge in [-0.15, -0.1) is 11.3 Å². The minimum Gasteiger partial charge on any atom is -0.493 e. The first-order chi connectivity index (χ1) is 15.3. The van der Waals surface area contributed by atoms with Crippen LogP contribution in [0.1, 0.15) is 28.3 Å². The lowest BCUT2D eigenvalue weighted by Gasteiger charge is -2.17. The molecule has 166 valence electrons. The molecule has 0 aliphatic rings. The number of nitrogen functional groups attached to an aromatic ring is 1. The van der Waals surface area contributed by atoms with Crippen LogP contribution in [-0.4, -0.2) is 29.7 Å². The Balaban J connectivity index is 1.75. The Morgan fingerprint density at radius 3 is 2.56 bits per heavy atom. The molecule has 0 aliphatic heterocycles. The molecule has 32 heavy (non-hydrogen) atoms. The molecular formula is C22H21ClN4O4S. The number of hydrogen-bond acceptors (Lipinski definition) is 7. The predicted octanol–water partition coefficient (Wildman–Crippen LogP) is 4.58. The van der Waals surface area contributed by atoms with Crippen molar-refractivity contribution in [3.8, 4) is 22.2 Å². The summed E-state index contributed by atoms with van der Waals surface area (Å²) in [6.45, 7) is 1.83. The van der Waals surface area contributed by atoms with Crippen LogP contribution < -0.4 is 25.7 Å². The zero-order valence-corrected chi connectivity index (χ0v) is 19.2. The summed E-state index contributed by atoms with van der Waals surface area (Å²) in [7, 11) is 3.13. The number of thiophene rings is 1. The number of anilines is 1. The lowest BCUT2D eigenvalue weighted by Crippen LogP contribution is -2.12. The van der Waals surface area contributed by atoms with E-state index in [-0.39, 0.29) is 4.88 Å². The van der Waals surface area contributed by atoms with Crippen molar-refractivity contribution >= 4 is 45.6 Å². The van der Waals surface area contributed by atoms with Gasteiger partial charge in [0, 0.05) is 23.8 Å². The summed E-state index contributed by atoms with van der Waals surface area (Å²) >= 11 is 7.53. The van der Waals surface area contributed by atoms with Gasteiger partial charge in [0.25, 0.3) is 5.91 Å². The Morgan fingerprint density at radius 1 is 1.16 bits per heavy atom. The highest BCUT2D eigenvalue weighted by Crippen LogP contribution is 2.39. The van der Waals surface area contributed by atoms with E-state index in [9.17, 15) is 4.79 Å². The molecule has 0 aliphatic carbocycles. The van der Waals surface area contributed by atoms with E-state index in [0.717, 1.165) is 5.52 Å². The molecular weight excluding hydrogens is 452 g/mol. The van der Waals surface area contributed by atoms with Crippen LogP contribution in [0.4, 0.5) is 5.69 Å². The van der Waals surface area contributed by atoms with E-state index in [1.807, 2.05) is 23.6 Å². The van der Waals surface area contributed by atoms with Crippen LogP contribution >= 0.6 is 22.9 Å². The van der Waals surface area contributed by atoms with Gasteiger partial charge < -0.3 is 25.7 Å². The minimum absolute atomic E-state index is 0.286. The Kier molecular flexibility index (Phi) is 5.86. The van der Waals surface area contributed by atoms with Crippen LogP contribution in [0.5, 0.6) is 17.2 Å². The van der Waals surface area contributed by atoms with Crippen molar-refractivity contribution in [3.05, 3.63) is 58.2 Å². The Labute approximate surface area is 193 Å². The number of amides is 1. The van der Waals surface area contributed by atoms with Gasteiger partial charge in [-0.2, -0.15) is 0 Å². The fourth-order valence-electron chi connectivity index (χ4n) is 3.39. The second-order valence-corrected chi connectivity index (χ2v) is 8.37. The maximum absolute atomic E-state index is 12.1. The van der Waals surface area contributed by atoms with E-state index in [1.165, 1.54) is 11.3 Å². The van der Waals surface area contributed by atoms with Gasteiger partial charge in [-0.25, -0.2) is 4.98 Å². The monoisotopic (exact) mass is 472 g/mol. The molecule has 10 heteroatoms. The first-order valence-corrected chi connectivity index (χ1v) is 10.8. The van der Waals surface area contributed by atoms with Gasteiger partial charge in [-0.05, 0) is 13.0 Å². The molecule has 0 saturated heterocycles. The molecule has 2 aromatic carbocycles. The average molecular weight is 473 g/mol. The second-order valence-electron chi connectivity index (χ2n) is 6.96. The number of nitrogens with two attached hydrogens (primary N) is 2. The van der Waals surface area contributed by atoms with Gasteiger partial charge in [0.05, 0.1) is 36.0 Å². The number of ether oxygens (including phenoxy) is 3. The highest BCUT2D eigenvalue weighted by Gasteiger charge is 2.22. The quantitative estimate of drug-likeness (QED) is 0.380. The predicted molar refractivity (Wildman–Crippen MR) is 125 cm³/mol. The molecule has 2 heterocycles. The highest BCUT2D eigenvalue weighted by atomic mass is 35.5. The molecule has 1 unspecified atom stereocenters. The number of halogens is 1. The Morgan fingerprint density at radius 2 is 1.88 bits per heavy atom. The molecule has 1 atom stereocenters. The maximum Gasteiger partial charge on any atom is 0.262 e. The van der Waals surface area contributed by atoms with Crippen LogP contribution in [0.15, 0.2) is 42.7 Å². The van der Waals surface area contributed by atoms with E-state index < -0.39 is 12.0 Å². The maximum atomic E-state index is 12.1. The molecule has 4 rings (SSSR count). The third-order valence-corrected chi connectivity index (χ3v) is 6.57.